The largest absolute Gasteiger partial charge is 0.377 e. The predicted molar refractivity (Wildman–Crippen MR) is 79.7 cm³/mol. The van der Waals surface area contributed by atoms with E-state index in [9.17, 15) is 0 Å². The second-order valence-corrected chi connectivity index (χ2v) is 5.67. The van der Waals surface area contributed by atoms with Crippen LogP contribution < -0.4 is 11.3 Å². The molecule has 96 valence electrons. The lowest BCUT2D eigenvalue weighted by molar-refractivity contribution is -0.0288. The minimum atomic E-state index is -0.238. The molecule has 4 heteroatoms. The van der Waals surface area contributed by atoms with Crippen molar-refractivity contribution in [2.24, 2.45) is 5.84 Å². The summed E-state index contributed by atoms with van der Waals surface area (Å²) in [6.45, 7) is 4.20. The van der Waals surface area contributed by atoms with Crippen LogP contribution in [0.2, 0.25) is 0 Å². The van der Waals surface area contributed by atoms with Gasteiger partial charge in [-0.2, -0.15) is 0 Å². The third-order valence-corrected chi connectivity index (χ3v) is 4.18. The lowest BCUT2D eigenvalue weighted by Crippen LogP contribution is -2.53. The zero-order chi connectivity index (χ0) is 12.9. The first kappa shape index (κ1) is 14.9. The highest BCUT2D eigenvalue weighted by Gasteiger charge is 2.31. The summed E-state index contributed by atoms with van der Waals surface area (Å²) in [5.74, 6) is 5.66. The molecule has 3 nitrogen and oxygen atoms in total. The van der Waals surface area contributed by atoms with Crippen molar-refractivity contribution in [2.75, 3.05) is 7.11 Å². The van der Waals surface area contributed by atoms with Crippen LogP contribution in [0.4, 0.5) is 0 Å². The summed E-state index contributed by atoms with van der Waals surface area (Å²) in [7, 11) is 1.74. The smallest absolute Gasteiger partial charge is 0.0817 e. The van der Waals surface area contributed by atoms with E-state index in [-0.39, 0.29) is 11.6 Å². The summed E-state index contributed by atoms with van der Waals surface area (Å²) in [6.07, 6.45) is 1.79. The lowest BCUT2D eigenvalue weighted by atomic mass is 9.89. The summed E-state index contributed by atoms with van der Waals surface area (Å²) in [5, 5.41) is 0. The van der Waals surface area contributed by atoms with Crippen molar-refractivity contribution in [3.8, 4) is 0 Å². The van der Waals surface area contributed by atoms with E-state index in [1.54, 1.807) is 7.11 Å². The first-order valence-corrected chi connectivity index (χ1v) is 6.89. The highest BCUT2D eigenvalue weighted by molar-refractivity contribution is 14.1. The minimum Gasteiger partial charge on any atom is -0.377 e. The summed E-state index contributed by atoms with van der Waals surface area (Å²) in [6, 6.07) is 8.60. The van der Waals surface area contributed by atoms with Gasteiger partial charge >= 0.3 is 0 Å². The highest BCUT2D eigenvalue weighted by atomic mass is 127. The number of hydrogen-bond acceptors (Lipinski definition) is 3. The zero-order valence-electron chi connectivity index (χ0n) is 10.7. The van der Waals surface area contributed by atoms with Gasteiger partial charge in [-0.15, -0.1) is 0 Å². The molecule has 0 radical (unpaired) electrons. The van der Waals surface area contributed by atoms with Gasteiger partial charge in [0.15, 0.2) is 0 Å². The molecule has 0 aliphatic rings. The van der Waals surface area contributed by atoms with Gasteiger partial charge in [-0.25, -0.2) is 0 Å². The Hall–Kier alpha value is -0.170. The average Bonchev–Trinajstić information content (AvgIpc) is 2.37. The fourth-order valence-electron chi connectivity index (χ4n) is 1.84. The van der Waals surface area contributed by atoms with Crippen LogP contribution in [0.25, 0.3) is 0 Å². The molecule has 1 aromatic carbocycles. The molecule has 0 amide bonds. The van der Waals surface area contributed by atoms with Crippen molar-refractivity contribution in [3.05, 3.63) is 33.4 Å². The van der Waals surface area contributed by atoms with Crippen molar-refractivity contribution in [3.63, 3.8) is 0 Å². The van der Waals surface area contributed by atoms with Gasteiger partial charge < -0.3 is 4.74 Å². The number of nitrogens with one attached hydrogen (secondary N) is 1. The zero-order valence-corrected chi connectivity index (χ0v) is 12.8. The van der Waals surface area contributed by atoms with E-state index in [1.165, 1.54) is 9.13 Å². The predicted octanol–water partition coefficient (Wildman–Crippen LogP) is 2.48. The van der Waals surface area contributed by atoms with E-state index in [0.29, 0.717) is 0 Å². The molecular formula is C13H21IN2O. The number of methoxy groups -OCH3 is 1. The van der Waals surface area contributed by atoms with Crippen molar-refractivity contribution in [1.29, 1.82) is 0 Å². The van der Waals surface area contributed by atoms with Gasteiger partial charge in [0.1, 0.15) is 0 Å². The molecule has 2 unspecified atom stereocenters. The van der Waals surface area contributed by atoms with Crippen LogP contribution in [0.5, 0.6) is 0 Å². The maximum atomic E-state index is 5.66. The molecule has 0 saturated carbocycles. The van der Waals surface area contributed by atoms with Crippen LogP contribution in [0.3, 0.4) is 0 Å². The number of ether oxygens (including phenoxy) is 1. The van der Waals surface area contributed by atoms with E-state index < -0.39 is 0 Å². The molecule has 0 aromatic heterocycles. The number of nitrogens with two attached hydrogens (primary N) is 1. The Morgan fingerprint density at radius 3 is 2.41 bits per heavy atom. The van der Waals surface area contributed by atoms with Crippen LogP contribution >= 0.6 is 22.6 Å². The van der Waals surface area contributed by atoms with Gasteiger partial charge in [-0.1, -0.05) is 19.1 Å². The van der Waals surface area contributed by atoms with Crippen LogP contribution in [0.15, 0.2) is 24.3 Å². The maximum absolute atomic E-state index is 5.66. The second-order valence-electron chi connectivity index (χ2n) is 4.42. The molecule has 1 aromatic rings. The lowest BCUT2D eigenvalue weighted by Gasteiger charge is -2.35. The SMILES string of the molecule is CCC(C)(OC)C(Cc1ccc(I)cc1)NN. The molecule has 1 rings (SSSR count). The molecule has 0 fully saturated rings. The molecule has 2 atom stereocenters. The Morgan fingerprint density at radius 2 is 2.00 bits per heavy atom. The van der Waals surface area contributed by atoms with Gasteiger partial charge in [-0.3, -0.25) is 11.3 Å². The quantitative estimate of drug-likeness (QED) is 0.472. The summed E-state index contributed by atoms with van der Waals surface area (Å²) < 4.78 is 6.84. The van der Waals surface area contributed by atoms with Crippen LogP contribution in [-0.2, 0) is 11.2 Å². The van der Waals surface area contributed by atoms with Gasteiger partial charge in [0.2, 0.25) is 0 Å². The Morgan fingerprint density at radius 1 is 1.41 bits per heavy atom. The van der Waals surface area contributed by atoms with E-state index >= 15 is 0 Å². The highest BCUT2D eigenvalue weighted by Crippen LogP contribution is 2.22. The Kier molecular flexibility index (Phi) is 5.85. The number of halogens is 1. The topological polar surface area (TPSA) is 47.3 Å². The van der Waals surface area contributed by atoms with Crippen molar-refractivity contribution in [2.45, 2.75) is 38.3 Å². The van der Waals surface area contributed by atoms with Gasteiger partial charge in [0.25, 0.3) is 0 Å². The maximum Gasteiger partial charge on any atom is 0.0817 e. The van der Waals surface area contributed by atoms with Crippen molar-refractivity contribution >= 4 is 22.6 Å². The number of hydrogen-bond donors (Lipinski definition) is 2. The minimum absolute atomic E-state index is 0.109. The van der Waals surface area contributed by atoms with E-state index in [4.69, 9.17) is 10.6 Å². The van der Waals surface area contributed by atoms with Gasteiger partial charge in [0.05, 0.1) is 11.6 Å². The normalized spacial score (nSPS) is 16.5. The molecular weight excluding hydrogens is 327 g/mol. The van der Waals surface area contributed by atoms with E-state index in [2.05, 4.69) is 66.1 Å². The van der Waals surface area contributed by atoms with Crippen LogP contribution in [0, 0.1) is 3.57 Å². The number of rotatable bonds is 6. The summed E-state index contributed by atoms with van der Waals surface area (Å²) in [5.41, 5.74) is 3.91. The first-order valence-electron chi connectivity index (χ1n) is 5.81. The molecule has 0 aliphatic carbocycles. The molecule has 0 heterocycles. The first-order chi connectivity index (χ1) is 8.05. The molecule has 0 aliphatic heterocycles. The van der Waals surface area contributed by atoms with Crippen molar-refractivity contribution in [1.82, 2.24) is 5.43 Å². The molecule has 0 bridgehead atoms. The second kappa shape index (κ2) is 6.68. The summed E-state index contributed by atoms with van der Waals surface area (Å²) >= 11 is 2.31. The Balaban J connectivity index is 2.79. The fourth-order valence-corrected chi connectivity index (χ4v) is 2.20. The number of hydrazine groups is 1. The summed E-state index contributed by atoms with van der Waals surface area (Å²) in [4.78, 5) is 0. The molecule has 3 N–H and O–H groups in total. The average molecular weight is 348 g/mol. The van der Waals surface area contributed by atoms with Gasteiger partial charge in [-0.05, 0) is 60.1 Å². The molecule has 17 heavy (non-hydrogen) atoms. The third kappa shape index (κ3) is 3.91. The van der Waals surface area contributed by atoms with Crippen LogP contribution in [-0.4, -0.2) is 18.8 Å². The third-order valence-electron chi connectivity index (χ3n) is 3.46. The standard InChI is InChI=1S/C13H21IN2O/c1-4-13(2,17-3)12(16-15)9-10-5-7-11(14)8-6-10/h5-8,12,16H,4,9,15H2,1-3H3. The Bertz CT molecular complexity index is 336. The van der Waals surface area contributed by atoms with E-state index in [1.807, 2.05) is 0 Å². The molecule has 0 saturated heterocycles. The number of benzene rings is 1. The Labute approximate surface area is 117 Å². The molecule has 0 spiro atoms. The van der Waals surface area contributed by atoms with Crippen LogP contribution in [0.1, 0.15) is 25.8 Å². The fraction of sp³-hybridized carbons (Fsp3) is 0.538. The van der Waals surface area contributed by atoms with Gasteiger partial charge in [0, 0.05) is 10.7 Å². The van der Waals surface area contributed by atoms with E-state index in [0.717, 1.165) is 12.8 Å². The monoisotopic (exact) mass is 348 g/mol. The van der Waals surface area contributed by atoms with Crippen molar-refractivity contribution < 1.29 is 4.74 Å².